The van der Waals surface area contributed by atoms with Gasteiger partial charge in [0.1, 0.15) is 24.3 Å². The summed E-state index contributed by atoms with van der Waals surface area (Å²) in [5.41, 5.74) is -0.269. The van der Waals surface area contributed by atoms with E-state index in [0.29, 0.717) is 17.9 Å². The molecular formula is C23H26F3N7O4S. The summed E-state index contributed by atoms with van der Waals surface area (Å²) in [7, 11) is 0.551. The number of aryl methyl sites for hydroxylation is 1. The summed E-state index contributed by atoms with van der Waals surface area (Å²) < 4.78 is 56.1. The first-order valence-corrected chi connectivity index (χ1v) is 13.2. The minimum Gasteiger partial charge on any atom is -0.444 e. The van der Waals surface area contributed by atoms with Crippen molar-refractivity contribution in [3.8, 4) is 11.5 Å². The van der Waals surface area contributed by atoms with Crippen LogP contribution in [0.5, 0.6) is 0 Å². The van der Waals surface area contributed by atoms with Gasteiger partial charge in [0.2, 0.25) is 11.8 Å². The van der Waals surface area contributed by atoms with Gasteiger partial charge in [-0.25, -0.2) is 9.97 Å². The van der Waals surface area contributed by atoms with E-state index in [9.17, 15) is 27.0 Å². The van der Waals surface area contributed by atoms with E-state index in [1.807, 2.05) is 0 Å². The molecule has 0 saturated carbocycles. The summed E-state index contributed by atoms with van der Waals surface area (Å²) in [6.45, 7) is 2.64. The lowest BCUT2D eigenvalue weighted by atomic mass is 9.83. The van der Waals surface area contributed by atoms with Crippen LogP contribution in [0.4, 0.5) is 30.5 Å². The number of anilines is 3. The third-order valence-electron chi connectivity index (χ3n) is 6.18. The quantitative estimate of drug-likeness (QED) is 0.435. The summed E-state index contributed by atoms with van der Waals surface area (Å²) >= 11 is 0. The molecule has 4 heterocycles. The number of hydrogen-bond acceptors (Lipinski definition) is 8. The van der Waals surface area contributed by atoms with E-state index < -0.39 is 34.8 Å². The summed E-state index contributed by atoms with van der Waals surface area (Å²) in [6.07, 6.45) is 1.12. The van der Waals surface area contributed by atoms with Crippen LogP contribution >= 0.6 is 0 Å². The number of aromatic nitrogens is 4. The molecule has 0 aromatic carbocycles. The Morgan fingerprint density at radius 2 is 2.08 bits per heavy atom. The average molecular weight is 554 g/mol. The van der Waals surface area contributed by atoms with Crippen molar-refractivity contribution in [2.24, 2.45) is 18.4 Å². The number of oxazole rings is 1. The molecule has 1 aliphatic rings. The van der Waals surface area contributed by atoms with Gasteiger partial charge >= 0.3 is 6.18 Å². The summed E-state index contributed by atoms with van der Waals surface area (Å²) in [5.74, 6) is -0.428. The van der Waals surface area contributed by atoms with E-state index in [4.69, 9.17) is 4.42 Å². The monoisotopic (exact) mass is 553 g/mol. The van der Waals surface area contributed by atoms with Crippen LogP contribution in [0.3, 0.4) is 0 Å². The number of rotatable bonds is 8. The van der Waals surface area contributed by atoms with Crippen LogP contribution < -0.4 is 15.5 Å². The topological polar surface area (TPSA) is 135 Å². The first-order chi connectivity index (χ1) is 17.7. The second kappa shape index (κ2) is 10.2. The fourth-order valence-corrected chi connectivity index (χ4v) is 5.18. The number of alkyl halides is 3. The van der Waals surface area contributed by atoms with Gasteiger partial charge in [-0.3, -0.25) is 23.4 Å². The molecule has 15 heteroatoms. The van der Waals surface area contributed by atoms with Crippen molar-refractivity contribution in [2.45, 2.75) is 20.0 Å². The van der Waals surface area contributed by atoms with Crippen molar-refractivity contribution in [3.63, 3.8) is 0 Å². The highest BCUT2D eigenvalue weighted by Crippen LogP contribution is 2.41. The molecule has 204 valence electrons. The number of nitrogens with zero attached hydrogens (tertiary/aromatic N) is 5. The van der Waals surface area contributed by atoms with E-state index in [1.165, 1.54) is 27.9 Å². The van der Waals surface area contributed by atoms with Gasteiger partial charge in [0.15, 0.2) is 11.5 Å². The molecule has 2 unspecified atom stereocenters. The molecule has 2 atom stereocenters. The Labute approximate surface area is 218 Å². The number of amides is 2. The molecule has 0 bridgehead atoms. The van der Waals surface area contributed by atoms with Gasteiger partial charge in [0.05, 0.1) is 6.20 Å². The van der Waals surface area contributed by atoms with E-state index in [-0.39, 0.29) is 40.7 Å². The molecule has 0 aliphatic carbocycles. The highest BCUT2D eigenvalue weighted by Gasteiger charge is 2.49. The highest BCUT2D eigenvalue weighted by atomic mass is 32.2. The molecule has 1 saturated heterocycles. The molecule has 2 N–H and O–H groups in total. The van der Waals surface area contributed by atoms with E-state index in [0.717, 1.165) is 6.26 Å². The third kappa shape index (κ3) is 5.87. The SMILES string of the molecule is Cn1cc(NC(=O)c2coc(-c3ccnc(NCC(F)(F)F)c3)n2)c(N2CC(CS(C)=O)C(C)(C)C2=O)n1. The zero-order valence-corrected chi connectivity index (χ0v) is 21.8. The largest absolute Gasteiger partial charge is 0.444 e. The van der Waals surface area contributed by atoms with Gasteiger partial charge in [-0.2, -0.15) is 18.3 Å². The van der Waals surface area contributed by atoms with Crippen molar-refractivity contribution in [1.29, 1.82) is 0 Å². The van der Waals surface area contributed by atoms with E-state index >= 15 is 0 Å². The Morgan fingerprint density at radius 3 is 2.76 bits per heavy atom. The van der Waals surface area contributed by atoms with Crippen molar-refractivity contribution in [3.05, 3.63) is 36.5 Å². The standard InChI is InChI=1S/C23H26F3N7O4S/c1-22(2)14(11-38(4)36)8-33(21(22)35)18-15(9-32(3)31-18)29-19(34)16-10-37-20(30-16)13-5-6-27-17(7-13)28-12-23(24,25)26/h5-7,9-10,14H,8,11-12H2,1-4H3,(H,27,28)(H,29,34). The number of carbonyl (C=O) groups excluding carboxylic acids is 2. The zero-order chi connectivity index (χ0) is 27.8. The van der Waals surface area contributed by atoms with E-state index in [1.54, 1.807) is 33.3 Å². The van der Waals surface area contributed by atoms with Crippen molar-refractivity contribution in [2.75, 3.05) is 40.6 Å². The van der Waals surface area contributed by atoms with E-state index in [2.05, 4.69) is 25.7 Å². The minimum atomic E-state index is -4.41. The summed E-state index contributed by atoms with van der Waals surface area (Å²) in [6, 6.07) is 2.80. The normalized spacial score (nSPS) is 18.0. The molecule has 1 aliphatic heterocycles. The van der Waals surface area contributed by atoms with Gasteiger partial charge in [-0.15, -0.1) is 0 Å². The average Bonchev–Trinajstić information content (AvgIpc) is 3.51. The molecule has 0 radical (unpaired) electrons. The molecule has 11 nitrogen and oxygen atoms in total. The highest BCUT2D eigenvalue weighted by molar-refractivity contribution is 7.84. The van der Waals surface area contributed by atoms with Gasteiger partial charge in [-0.1, -0.05) is 13.8 Å². The Morgan fingerprint density at radius 1 is 1.34 bits per heavy atom. The maximum atomic E-state index is 13.2. The van der Waals surface area contributed by atoms with Crippen LogP contribution in [0.2, 0.25) is 0 Å². The van der Waals surface area contributed by atoms with Crippen molar-refractivity contribution < 1.29 is 31.4 Å². The molecule has 38 heavy (non-hydrogen) atoms. The Bertz CT molecular complexity index is 1390. The van der Waals surface area contributed by atoms with Crippen LogP contribution in [-0.2, 0) is 22.6 Å². The fraction of sp³-hybridized carbons (Fsp3) is 0.435. The second-order valence-electron chi connectivity index (χ2n) is 9.50. The first-order valence-electron chi connectivity index (χ1n) is 11.4. The van der Waals surface area contributed by atoms with Gasteiger partial charge in [0.25, 0.3) is 5.91 Å². The van der Waals surface area contributed by atoms with Crippen LogP contribution in [-0.4, -0.2) is 67.0 Å². The van der Waals surface area contributed by atoms with Crippen molar-refractivity contribution >= 4 is 39.9 Å². The molecule has 3 aromatic rings. The first kappa shape index (κ1) is 27.3. The molecule has 2 amide bonds. The minimum absolute atomic E-state index is 0.00546. The number of carbonyl (C=O) groups is 2. The molecular weight excluding hydrogens is 527 g/mol. The van der Waals surface area contributed by atoms with Gasteiger partial charge in [0, 0.05) is 59.5 Å². The predicted octanol–water partition coefficient (Wildman–Crippen LogP) is 3.06. The van der Waals surface area contributed by atoms with Crippen LogP contribution in [0, 0.1) is 11.3 Å². The second-order valence-corrected chi connectivity index (χ2v) is 11.0. The lowest BCUT2D eigenvalue weighted by molar-refractivity contribution is -0.125. The summed E-state index contributed by atoms with van der Waals surface area (Å²) in [5, 5.41) is 9.22. The number of nitrogens with one attached hydrogen (secondary N) is 2. The number of pyridine rings is 1. The number of hydrogen-bond donors (Lipinski definition) is 2. The van der Waals surface area contributed by atoms with Crippen molar-refractivity contribution in [1.82, 2.24) is 19.7 Å². The van der Waals surface area contributed by atoms with Gasteiger partial charge in [-0.05, 0) is 12.1 Å². The maximum Gasteiger partial charge on any atom is 0.405 e. The molecule has 3 aromatic heterocycles. The maximum absolute atomic E-state index is 13.2. The Hall–Kier alpha value is -3.75. The Balaban J connectivity index is 1.51. The molecule has 0 spiro atoms. The fourth-order valence-electron chi connectivity index (χ4n) is 4.09. The molecule has 4 rings (SSSR count). The predicted molar refractivity (Wildman–Crippen MR) is 134 cm³/mol. The lowest BCUT2D eigenvalue weighted by Gasteiger charge is -2.22. The van der Waals surface area contributed by atoms with Crippen LogP contribution in [0.25, 0.3) is 11.5 Å². The lowest BCUT2D eigenvalue weighted by Crippen LogP contribution is -2.33. The summed E-state index contributed by atoms with van der Waals surface area (Å²) in [4.78, 5) is 35.6. The Kier molecular flexibility index (Phi) is 7.32. The zero-order valence-electron chi connectivity index (χ0n) is 21.0. The molecule has 1 fully saturated rings. The van der Waals surface area contributed by atoms with Crippen LogP contribution in [0.15, 0.2) is 35.2 Å². The van der Waals surface area contributed by atoms with Gasteiger partial charge < -0.3 is 15.1 Å². The number of halogens is 3. The van der Waals surface area contributed by atoms with Crippen LogP contribution in [0.1, 0.15) is 24.3 Å². The smallest absolute Gasteiger partial charge is 0.405 e. The third-order valence-corrected chi connectivity index (χ3v) is 7.05.